The summed E-state index contributed by atoms with van der Waals surface area (Å²) in [5.74, 6) is 0. The van der Waals surface area contributed by atoms with Gasteiger partial charge in [-0.25, -0.2) is 0 Å². The van der Waals surface area contributed by atoms with Crippen LogP contribution < -0.4 is 4.90 Å². The molecule has 3 heterocycles. The molecule has 46 heavy (non-hydrogen) atoms. The van der Waals surface area contributed by atoms with Crippen molar-refractivity contribution in [2.75, 3.05) is 4.90 Å². The van der Waals surface area contributed by atoms with E-state index in [1.165, 1.54) is 31.3 Å². The van der Waals surface area contributed by atoms with Crippen molar-refractivity contribution in [1.29, 1.82) is 0 Å². The summed E-state index contributed by atoms with van der Waals surface area (Å²) in [6.45, 7) is 0. The number of hydrogen-bond donors (Lipinski definition) is 0. The van der Waals surface area contributed by atoms with Gasteiger partial charge in [0.05, 0.1) is 0 Å². The molecule has 3 nitrogen and oxygen atoms in total. The largest absolute Gasteiger partial charge is 0.456 e. The molecular formula is C42H25NO2S. The maximum atomic E-state index is 6.19. The van der Waals surface area contributed by atoms with Gasteiger partial charge in [0, 0.05) is 58.8 Å². The first-order valence-electron chi connectivity index (χ1n) is 15.4. The molecule has 0 N–H and O–H groups in total. The molecule has 0 aliphatic heterocycles. The lowest BCUT2D eigenvalue weighted by Crippen LogP contribution is -2.09. The van der Waals surface area contributed by atoms with Crippen molar-refractivity contribution in [2.45, 2.75) is 0 Å². The number of rotatable bonds is 4. The smallest absolute Gasteiger partial charge is 0.135 e. The van der Waals surface area contributed by atoms with Crippen LogP contribution in [0.5, 0.6) is 0 Å². The molecule has 0 saturated heterocycles. The molecule has 0 spiro atoms. The third kappa shape index (κ3) is 3.84. The van der Waals surface area contributed by atoms with Gasteiger partial charge >= 0.3 is 0 Å². The van der Waals surface area contributed by atoms with Crippen molar-refractivity contribution in [1.82, 2.24) is 0 Å². The zero-order valence-electron chi connectivity index (χ0n) is 24.6. The monoisotopic (exact) mass is 607 g/mol. The highest BCUT2D eigenvalue weighted by atomic mass is 32.1. The predicted octanol–water partition coefficient (Wildman–Crippen LogP) is 13.0. The van der Waals surface area contributed by atoms with Crippen molar-refractivity contribution in [3.63, 3.8) is 0 Å². The molecule has 216 valence electrons. The summed E-state index contributed by atoms with van der Waals surface area (Å²) in [4.78, 5) is 2.33. The van der Waals surface area contributed by atoms with E-state index >= 15 is 0 Å². The SMILES string of the molecule is c1ccc2c(c1)oc1ccc(N(c3ccc(-c4cccc5c4sc4ccccc45)cc3)c3ccc4oc5ccccc5c4c3)cc12. The van der Waals surface area contributed by atoms with Crippen molar-refractivity contribution < 1.29 is 8.83 Å². The highest BCUT2D eigenvalue weighted by Crippen LogP contribution is 2.43. The van der Waals surface area contributed by atoms with Crippen molar-refractivity contribution in [3.8, 4) is 11.1 Å². The molecule has 3 aromatic heterocycles. The number of thiophene rings is 1. The third-order valence-electron chi connectivity index (χ3n) is 9.08. The van der Waals surface area contributed by atoms with E-state index in [1.54, 1.807) is 0 Å². The molecule has 10 aromatic rings. The first-order valence-corrected chi connectivity index (χ1v) is 16.2. The highest BCUT2D eigenvalue weighted by molar-refractivity contribution is 7.26. The van der Waals surface area contributed by atoms with E-state index < -0.39 is 0 Å². The second-order valence-corrected chi connectivity index (χ2v) is 12.8. The lowest BCUT2D eigenvalue weighted by atomic mass is 10.0. The zero-order chi connectivity index (χ0) is 30.2. The lowest BCUT2D eigenvalue weighted by Gasteiger charge is -2.26. The quantitative estimate of drug-likeness (QED) is 0.199. The van der Waals surface area contributed by atoms with Crippen LogP contribution in [0.25, 0.3) is 75.2 Å². The summed E-state index contributed by atoms with van der Waals surface area (Å²) in [5.41, 5.74) is 9.21. The minimum atomic E-state index is 0.882. The Hall–Kier alpha value is -5.84. The maximum absolute atomic E-state index is 6.19. The Morgan fingerprint density at radius 2 is 0.913 bits per heavy atom. The molecule has 0 aliphatic rings. The Bertz CT molecular complexity index is 2650. The van der Waals surface area contributed by atoms with Gasteiger partial charge in [0.1, 0.15) is 22.3 Å². The third-order valence-corrected chi connectivity index (χ3v) is 10.3. The minimum absolute atomic E-state index is 0.882. The molecule has 0 bridgehead atoms. The number of para-hydroxylation sites is 2. The summed E-state index contributed by atoms with van der Waals surface area (Å²) < 4.78 is 15.0. The van der Waals surface area contributed by atoms with E-state index in [-0.39, 0.29) is 0 Å². The van der Waals surface area contributed by atoms with Gasteiger partial charge in [-0.3, -0.25) is 0 Å². The van der Waals surface area contributed by atoms with E-state index in [1.807, 2.05) is 35.6 Å². The molecule has 0 fully saturated rings. The number of furan rings is 2. The van der Waals surface area contributed by atoms with Gasteiger partial charge in [0.2, 0.25) is 0 Å². The first-order chi connectivity index (χ1) is 22.8. The standard InChI is InChI=1S/C42H25NO2S/c1-4-13-37-31(8-1)35-24-28(20-22-39(35)44-37)43(29-21-23-40-36(25-29)32-9-2-5-14-38(32)45-40)27-18-16-26(17-19-27)30-11-7-12-34-33-10-3-6-15-41(33)46-42(30)34/h1-25H. The first kappa shape index (κ1) is 25.5. The normalized spacial score (nSPS) is 11.9. The topological polar surface area (TPSA) is 29.5 Å². The van der Waals surface area contributed by atoms with Gasteiger partial charge in [-0.05, 0) is 77.9 Å². The van der Waals surface area contributed by atoms with Crippen LogP contribution in [0.2, 0.25) is 0 Å². The summed E-state index contributed by atoms with van der Waals surface area (Å²) in [6.07, 6.45) is 0. The highest BCUT2D eigenvalue weighted by Gasteiger charge is 2.18. The molecule has 0 atom stereocenters. The van der Waals surface area contributed by atoms with Gasteiger partial charge < -0.3 is 13.7 Å². The predicted molar refractivity (Wildman–Crippen MR) is 194 cm³/mol. The Morgan fingerprint density at radius 1 is 0.391 bits per heavy atom. The van der Waals surface area contributed by atoms with Crippen LogP contribution in [0, 0.1) is 0 Å². The van der Waals surface area contributed by atoms with Gasteiger partial charge in [-0.1, -0.05) is 84.9 Å². The summed E-state index contributed by atoms with van der Waals surface area (Å²) in [6, 6.07) is 53.7. The number of hydrogen-bond acceptors (Lipinski definition) is 4. The van der Waals surface area contributed by atoms with Crippen molar-refractivity contribution in [3.05, 3.63) is 152 Å². The molecule has 0 amide bonds. The van der Waals surface area contributed by atoms with Gasteiger partial charge in [0.15, 0.2) is 0 Å². The Labute approximate surface area is 268 Å². The molecule has 0 saturated carbocycles. The average Bonchev–Trinajstić information content (AvgIpc) is 3.80. The molecule has 0 unspecified atom stereocenters. The van der Waals surface area contributed by atoms with Crippen LogP contribution in [0.4, 0.5) is 17.1 Å². The fourth-order valence-corrected chi connectivity index (χ4v) is 8.16. The Morgan fingerprint density at radius 3 is 1.57 bits per heavy atom. The van der Waals surface area contributed by atoms with E-state index in [0.717, 1.165) is 60.9 Å². The number of nitrogens with zero attached hydrogens (tertiary/aromatic N) is 1. The van der Waals surface area contributed by atoms with Gasteiger partial charge in [-0.2, -0.15) is 0 Å². The van der Waals surface area contributed by atoms with Crippen LogP contribution in [0.1, 0.15) is 0 Å². The molecule has 0 radical (unpaired) electrons. The second-order valence-electron chi connectivity index (χ2n) is 11.7. The van der Waals surface area contributed by atoms with Gasteiger partial charge in [0.25, 0.3) is 0 Å². The zero-order valence-corrected chi connectivity index (χ0v) is 25.4. The number of fused-ring (bicyclic) bond motifs is 9. The molecule has 4 heteroatoms. The van der Waals surface area contributed by atoms with Crippen molar-refractivity contribution >= 4 is 92.4 Å². The summed E-state index contributed by atoms with van der Waals surface area (Å²) >= 11 is 1.86. The minimum Gasteiger partial charge on any atom is -0.456 e. The van der Waals surface area contributed by atoms with Gasteiger partial charge in [-0.15, -0.1) is 11.3 Å². The van der Waals surface area contributed by atoms with Crippen LogP contribution in [-0.4, -0.2) is 0 Å². The fourth-order valence-electron chi connectivity index (χ4n) is 6.92. The Kier molecular flexibility index (Phi) is 5.45. The van der Waals surface area contributed by atoms with Crippen LogP contribution in [0.15, 0.2) is 160 Å². The maximum Gasteiger partial charge on any atom is 0.135 e. The van der Waals surface area contributed by atoms with Crippen LogP contribution in [-0.2, 0) is 0 Å². The lowest BCUT2D eigenvalue weighted by molar-refractivity contribution is 0.668. The van der Waals surface area contributed by atoms with E-state index in [4.69, 9.17) is 8.83 Å². The van der Waals surface area contributed by atoms with E-state index in [9.17, 15) is 0 Å². The van der Waals surface area contributed by atoms with Crippen LogP contribution in [0.3, 0.4) is 0 Å². The van der Waals surface area contributed by atoms with E-state index in [2.05, 4.69) is 132 Å². The molecule has 10 rings (SSSR count). The average molecular weight is 608 g/mol. The molecular weight excluding hydrogens is 583 g/mol. The molecule has 0 aliphatic carbocycles. The number of anilines is 3. The van der Waals surface area contributed by atoms with E-state index in [0.29, 0.717) is 0 Å². The van der Waals surface area contributed by atoms with Crippen LogP contribution >= 0.6 is 11.3 Å². The molecule has 7 aromatic carbocycles. The van der Waals surface area contributed by atoms with Crippen molar-refractivity contribution in [2.24, 2.45) is 0 Å². The Balaban J connectivity index is 1.15. The second kappa shape index (κ2) is 9.83. The summed E-state index contributed by atoms with van der Waals surface area (Å²) in [7, 11) is 0. The fraction of sp³-hybridized carbons (Fsp3) is 0. The number of benzene rings is 7. The summed E-state index contributed by atoms with van der Waals surface area (Å²) in [5, 5.41) is 7.05.